The molecule has 0 rings (SSSR count). The van der Waals surface area contributed by atoms with E-state index in [-0.39, 0.29) is 21.1 Å². The molecule has 2 nitrogen and oxygen atoms in total. The molecule has 0 aromatic rings. The van der Waals surface area contributed by atoms with Gasteiger partial charge in [-0.05, 0) is 46.0 Å². The van der Waals surface area contributed by atoms with Crippen LogP contribution in [-0.2, 0) is 0 Å². The molecule has 3 heteroatoms. The lowest BCUT2D eigenvalue weighted by Gasteiger charge is -2.40. The van der Waals surface area contributed by atoms with Crippen LogP contribution in [0.5, 0.6) is 0 Å². The number of thioether (sulfide) groups is 1. The van der Waals surface area contributed by atoms with Gasteiger partial charge in [-0.2, -0.15) is 11.8 Å². The van der Waals surface area contributed by atoms with Crippen molar-refractivity contribution in [2.45, 2.75) is 78.5 Å². The molecular weight excluding hydrogens is 348 g/mol. The van der Waals surface area contributed by atoms with Crippen LogP contribution in [0.1, 0.15) is 68.2 Å². The Morgan fingerprint density at radius 2 is 1.37 bits per heavy atom. The van der Waals surface area contributed by atoms with Crippen molar-refractivity contribution in [3.63, 3.8) is 0 Å². The number of hydrogen-bond donors (Lipinski definition) is 2. The molecule has 0 aromatic carbocycles. The van der Waals surface area contributed by atoms with Gasteiger partial charge in [-0.25, -0.2) is 0 Å². The topological polar surface area (TPSA) is 24.1 Å². The van der Waals surface area contributed by atoms with Crippen molar-refractivity contribution in [3.05, 3.63) is 49.9 Å². The molecule has 0 spiro atoms. The zero-order chi connectivity index (χ0) is 21.5. The molecule has 2 unspecified atom stereocenters. The van der Waals surface area contributed by atoms with Crippen LogP contribution in [0.25, 0.3) is 0 Å². The Kier molecular flexibility index (Phi) is 9.51. The molecule has 2 N–H and O–H groups in total. The molecule has 0 saturated heterocycles. The predicted molar refractivity (Wildman–Crippen MR) is 127 cm³/mol. The van der Waals surface area contributed by atoms with E-state index in [0.717, 1.165) is 36.5 Å². The summed E-state index contributed by atoms with van der Waals surface area (Å²) < 4.78 is 0.135. The molecule has 2 atom stereocenters. The van der Waals surface area contributed by atoms with Gasteiger partial charge in [0.25, 0.3) is 0 Å². The van der Waals surface area contributed by atoms with Gasteiger partial charge in [0.2, 0.25) is 0 Å². The molecule has 0 amide bonds. The van der Waals surface area contributed by atoms with Gasteiger partial charge in [-0.1, -0.05) is 53.0 Å². The van der Waals surface area contributed by atoms with Crippen LogP contribution in [0.3, 0.4) is 0 Å². The summed E-state index contributed by atoms with van der Waals surface area (Å²) in [5.41, 5.74) is 2.07. The fourth-order valence-electron chi connectivity index (χ4n) is 3.76. The van der Waals surface area contributed by atoms with Crippen molar-refractivity contribution in [2.75, 3.05) is 12.3 Å². The van der Waals surface area contributed by atoms with E-state index in [2.05, 4.69) is 90.6 Å². The van der Waals surface area contributed by atoms with Gasteiger partial charge in [0.05, 0.1) is 0 Å². The van der Waals surface area contributed by atoms with E-state index in [4.69, 9.17) is 0 Å². The second-order valence-corrected chi connectivity index (χ2v) is 11.7. The Morgan fingerprint density at radius 1 is 0.852 bits per heavy atom. The largest absolute Gasteiger partial charge is 0.388 e. The second-order valence-electron chi connectivity index (χ2n) is 10.0. The molecule has 0 aliphatic rings. The smallest absolute Gasteiger partial charge is 0.0322 e. The van der Waals surface area contributed by atoms with Gasteiger partial charge in [0.15, 0.2) is 0 Å². The SMILES string of the molecule is C=CC(C)(CSC(C)(C)CC(C)(C=C)CNC(=C)C)CC(C)(C)NC(=C)C. The molecule has 0 aliphatic carbocycles. The first-order valence-corrected chi connectivity index (χ1v) is 10.8. The lowest BCUT2D eigenvalue weighted by atomic mass is 9.80. The third kappa shape index (κ3) is 10.7. The molecule has 0 bridgehead atoms. The fraction of sp³-hybridized carbons (Fsp3) is 0.667. The lowest BCUT2D eigenvalue weighted by molar-refractivity contribution is 0.289. The first-order chi connectivity index (χ1) is 12.1. The maximum atomic E-state index is 4.14. The van der Waals surface area contributed by atoms with Crippen molar-refractivity contribution < 1.29 is 0 Å². The standard InChI is InChI=1S/C24H44N2S/c1-13-23(11,17-25-19(3)4)16-22(9,10)27-18-24(12,14-2)15-21(7,8)26-20(5)6/h13-14,25-26H,1-3,5,15-18H2,4,6-12H3. The summed E-state index contributed by atoms with van der Waals surface area (Å²) in [5.74, 6) is 1.03. The van der Waals surface area contributed by atoms with E-state index >= 15 is 0 Å². The molecule has 0 aliphatic heterocycles. The van der Waals surface area contributed by atoms with Crippen LogP contribution in [0.2, 0.25) is 0 Å². The minimum Gasteiger partial charge on any atom is -0.388 e. The van der Waals surface area contributed by atoms with Crippen LogP contribution in [0.15, 0.2) is 49.9 Å². The molecule has 0 heterocycles. The van der Waals surface area contributed by atoms with E-state index in [0.29, 0.717) is 0 Å². The summed E-state index contributed by atoms with van der Waals surface area (Å²) in [4.78, 5) is 0. The highest BCUT2D eigenvalue weighted by Gasteiger charge is 2.35. The molecule has 0 fully saturated rings. The Labute approximate surface area is 174 Å². The fourth-order valence-corrected chi connectivity index (χ4v) is 5.13. The quantitative estimate of drug-likeness (QED) is 0.322. The first-order valence-electron chi connectivity index (χ1n) is 9.82. The van der Waals surface area contributed by atoms with Crippen molar-refractivity contribution in [1.82, 2.24) is 10.6 Å². The van der Waals surface area contributed by atoms with E-state index in [1.165, 1.54) is 0 Å². The summed E-state index contributed by atoms with van der Waals surface area (Å²) >= 11 is 2.03. The zero-order valence-corrected chi connectivity index (χ0v) is 20.0. The van der Waals surface area contributed by atoms with Crippen molar-refractivity contribution in [2.24, 2.45) is 10.8 Å². The molecule has 0 saturated carbocycles. The number of rotatable bonds is 14. The maximum Gasteiger partial charge on any atom is 0.0322 e. The Hall–Kier alpha value is -1.09. The monoisotopic (exact) mass is 392 g/mol. The van der Waals surface area contributed by atoms with E-state index < -0.39 is 0 Å². The highest BCUT2D eigenvalue weighted by molar-refractivity contribution is 8.00. The van der Waals surface area contributed by atoms with Gasteiger partial charge < -0.3 is 10.6 Å². The normalized spacial score (nSPS) is 16.6. The molecule has 27 heavy (non-hydrogen) atoms. The highest BCUT2D eigenvalue weighted by atomic mass is 32.2. The zero-order valence-electron chi connectivity index (χ0n) is 19.2. The molecule has 0 radical (unpaired) electrons. The van der Waals surface area contributed by atoms with Gasteiger partial charge >= 0.3 is 0 Å². The van der Waals surface area contributed by atoms with Gasteiger partial charge in [0, 0.05) is 39.4 Å². The van der Waals surface area contributed by atoms with E-state index in [1.54, 1.807) is 0 Å². The second kappa shape index (κ2) is 9.91. The Bertz CT molecular complexity index is 547. The summed E-state index contributed by atoms with van der Waals surface area (Å²) in [5, 5.41) is 6.88. The maximum absolute atomic E-state index is 4.14. The predicted octanol–water partition coefficient (Wildman–Crippen LogP) is 6.69. The number of nitrogens with one attached hydrogen (secondary N) is 2. The van der Waals surface area contributed by atoms with E-state index in [9.17, 15) is 0 Å². The van der Waals surface area contributed by atoms with Crippen molar-refractivity contribution >= 4 is 11.8 Å². The number of hydrogen-bond acceptors (Lipinski definition) is 3. The van der Waals surface area contributed by atoms with Crippen LogP contribution >= 0.6 is 11.8 Å². The molecular formula is C24H44N2S. The third-order valence-electron chi connectivity index (χ3n) is 4.80. The van der Waals surface area contributed by atoms with Crippen LogP contribution in [-0.4, -0.2) is 22.6 Å². The van der Waals surface area contributed by atoms with Gasteiger partial charge in [0.1, 0.15) is 0 Å². The summed E-state index contributed by atoms with van der Waals surface area (Å²) in [6, 6.07) is 0. The Balaban J connectivity index is 5.04. The van der Waals surface area contributed by atoms with Crippen molar-refractivity contribution in [3.8, 4) is 0 Å². The Morgan fingerprint density at radius 3 is 1.78 bits per heavy atom. The third-order valence-corrected chi connectivity index (χ3v) is 6.53. The average molecular weight is 393 g/mol. The van der Waals surface area contributed by atoms with Gasteiger partial charge in [-0.15, -0.1) is 13.2 Å². The first kappa shape index (κ1) is 25.9. The lowest BCUT2D eigenvalue weighted by Crippen LogP contribution is -2.43. The van der Waals surface area contributed by atoms with Gasteiger partial charge in [-0.3, -0.25) is 0 Å². The number of allylic oxidation sites excluding steroid dienone is 3. The summed E-state index contributed by atoms with van der Waals surface area (Å²) in [6.07, 6.45) is 6.26. The summed E-state index contributed by atoms with van der Waals surface area (Å²) in [7, 11) is 0. The van der Waals surface area contributed by atoms with E-state index in [1.807, 2.05) is 25.6 Å². The van der Waals surface area contributed by atoms with Crippen molar-refractivity contribution in [1.29, 1.82) is 0 Å². The summed E-state index contributed by atoms with van der Waals surface area (Å²) in [6.45, 7) is 34.8. The van der Waals surface area contributed by atoms with Crippen LogP contribution < -0.4 is 10.6 Å². The van der Waals surface area contributed by atoms with Crippen LogP contribution in [0, 0.1) is 10.8 Å². The highest BCUT2D eigenvalue weighted by Crippen LogP contribution is 2.42. The average Bonchev–Trinajstić information content (AvgIpc) is 2.49. The minimum absolute atomic E-state index is 0.0134. The van der Waals surface area contributed by atoms with Crippen LogP contribution in [0.4, 0.5) is 0 Å². The molecule has 0 aromatic heterocycles. The molecule has 156 valence electrons. The minimum atomic E-state index is -0.0134.